The number of hydrogen-bond donors (Lipinski definition) is 2. The Bertz CT molecular complexity index is 759. The van der Waals surface area contributed by atoms with E-state index in [2.05, 4.69) is 20.6 Å². The largest absolute Gasteiger partial charge is 0.308 e. The molecular weight excluding hydrogens is 304 g/mol. The number of benzene rings is 1. The highest BCUT2D eigenvalue weighted by Gasteiger charge is 2.30. The number of rotatable bonds is 4. The molecular formula is C15H15ClN4O2. The van der Waals surface area contributed by atoms with E-state index >= 15 is 0 Å². The summed E-state index contributed by atoms with van der Waals surface area (Å²) in [6.45, 7) is 1.74. The van der Waals surface area contributed by atoms with Gasteiger partial charge in [0.25, 0.3) is 0 Å². The lowest BCUT2D eigenvalue weighted by molar-refractivity contribution is -0.117. The lowest BCUT2D eigenvalue weighted by Crippen LogP contribution is -2.19. The van der Waals surface area contributed by atoms with Crippen LogP contribution in [-0.4, -0.2) is 21.8 Å². The molecule has 7 heteroatoms. The summed E-state index contributed by atoms with van der Waals surface area (Å²) in [6.07, 6.45) is 2.09. The van der Waals surface area contributed by atoms with Crippen molar-refractivity contribution in [1.82, 2.24) is 9.97 Å². The van der Waals surface area contributed by atoms with Crippen LogP contribution in [0, 0.1) is 5.92 Å². The number of aromatic nitrogens is 2. The fraction of sp³-hybridized carbons (Fsp3) is 0.333. The highest BCUT2D eigenvalue weighted by Crippen LogP contribution is 2.31. The Hall–Kier alpha value is -2.21. The summed E-state index contributed by atoms with van der Waals surface area (Å²) in [6, 6.07) is 5.09. The summed E-state index contributed by atoms with van der Waals surface area (Å²) in [5.41, 5.74) is 1.16. The van der Waals surface area contributed by atoms with Crippen molar-refractivity contribution in [2.45, 2.75) is 26.2 Å². The maximum absolute atomic E-state index is 12.0. The molecule has 0 saturated heterocycles. The van der Waals surface area contributed by atoms with Crippen LogP contribution < -0.4 is 10.6 Å². The highest BCUT2D eigenvalue weighted by atomic mass is 35.5. The minimum Gasteiger partial charge on any atom is -0.308 e. The SMILES string of the molecule is CCC(=O)Nc1nc2cc(Cl)ccc2nc1NC(=O)C1CC1. The number of fused-ring (bicyclic) bond motifs is 1. The molecule has 1 heterocycles. The van der Waals surface area contributed by atoms with Crippen LogP contribution >= 0.6 is 11.6 Å². The molecule has 2 N–H and O–H groups in total. The van der Waals surface area contributed by atoms with E-state index in [1.54, 1.807) is 25.1 Å². The lowest BCUT2D eigenvalue weighted by Gasteiger charge is -2.11. The van der Waals surface area contributed by atoms with Gasteiger partial charge in [0.05, 0.1) is 11.0 Å². The average Bonchev–Trinajstić information content (AvgIpc) is 3.32. The van der Waals surface area contributed by atoms with Gasteiger partial charge in [0, 0.05) is 17.4 Å². The number of anilines is 2. The van der Waals surface area contributed by atoms with Crippen molar-refractivity contribution in [3.05, 3.63) is 23.2 Å². The number of nitrogens with one attached hydrogen (secondary N) is 2. The van der Waals surface area contributed by atoms with Crippen LogP contribution in [0.15, 0.2) is 18.2 Å². The second-order valence-electron chi connectivity index (χ2n) is 5.22. The Balaban J connectivity index is 2.01. The molecule has 0 radical (unpaired) electrons. The summed E-state index contributed by atoms with van der Waals surface area (Å²) in [4.78, 5) is 32.4. The van der Waals surface area contributed by atoms with Crippen molar-refractivity contribution >= 4 is 46.1 Å². The fourth-order valence-electron chi connectivity index (χ4n) is 1.99. The first-order valence-corrected chi connectivity index (χ1v) is 7.52. The number of nitrogens with zero attached hydrogens (tertiary/aromatic N) is 2. The molecule has 114 valence electrons. The second kappa shape index (κ2) is 5.88. The lowest BCUT2D eigenvalue weighted by atomic mass is 10.3. The van der Waals surface area contributed by atoms with Crippen LogP contribution in [0.5, 0.6) is 0 Å². The van der Waals surface area contributed by atoms with Crippen molar-refractivity contribution < 1.29 is 9.59 Å². The van der Waals surface area contributed by atoms with E-state index in [0.717, 1.165) is 12.8 Å². The van der Waals surface area contributed by atoms with Crippen molar-refractivity contribution in [2.24, 2.45) is 5.92 Å². The van der Waals surface area contributed by atoms with Crippen LogP contribution in [0.1, 0.15) is 26.2 Å². The first-order valence-electron chi connectivity index (χ1n) is 7.15. The average molecular weight is 319 g/mol. The van der Waals surface area contributed by atoms with E-state index in [1.165, 1.54) is 0 Å². The molecule has 1 saturated carbocycles. The van der Waals surface area contributed by atoms with Gasteiger partial charge in [0.15, 0.2) is 11.6 Å². The Morgan fingerprint density at radius 2 is 1.86 bits per heavy atom. The first kappa shape index (κ1) is 14.7. The third-order valence-corrected chi connectivity index (χ3v) is 3.63. The maximum atomic E-state index is 12.0. The quantitative estimate of drug-likeness (QED) is 0.907. The molecule has 0 aliphatic heterocycles. The van der Waals surface area contributed by atoms with Crippen LogP contribution in [0.3, 0.4) is 0 Å². The van der Waals surface area contributed by atoms with Crippen LogP contribution in [0.25, 0.3) is 11.0 Å². The molecule has 0 bridgehead atoms. The maximum Gasteiger partial charge on any atom is 0.228 e. The molecule has 1 fully saturated rings. The normalized spacial score (nSPS) is 13.9. The van der Waals surface area contributed by atoms with E-state index in [4.69, 9.17) is 11.6 Å². The van der Waals surface area contributed by atoms with E-state index in [0.29, 0.717) is 22.5 Å². The molecule has 6 nitrogen and oxygen atoms in total. The third-order valence-electron chi connectivity index (χ3n) is 3.39. The molecule has 0 atom stereocenters. The Morgan fingerprint density at radius 1 is 1.18 bits per heavy atom. The molecule has 3 rings (SSSR count). The standard InChI is InChI=1S/C15H15ClN4O2/c1-2-12(21)19-13-14(20-15(22)8-3-4-8)17-10-6-5-9(16)7-11(10)18-13/h5-8H,2-4H2,1H3,(H,17,20,22)(H,18,19,21). The predicted octanol–water partition coefficient (Wildman–Crippen LogP) is 2.98. The van der Waals surface area contributed by atoms with Crippen LogP contribution in [0.2, 0.25) is 5.02 Å². The zero-order valence-electron chi connectivity index (χ0n) is 12.0. The molecule has 2 aromatic rings. The smallest absolute Gasteiger partial charge is 0.228 e. The zero-order valence-corrected chi connectivity index (χ0v) is 12.8. The van der Waals surface area contributed by atoms with Crippen molar-refractivity contribution in [2.75, 3.05) is 10.6 Å². The monoisotopic (exact) mass is 318 g/mol. The topological polar surface area (TPSA) is 84.0 Å². The number of halogens is 1. The molecule has 1 aromatic carbocycles. The van der Waals surface area contributed by atoms with Crippen LogP contribution in [-0.2, 0) is 9.59 Å². The number of carbonyl (C=O) groups excluding carboxylic acids is 2. The van der Waals surface area contributed by atoms with Gasteiger partial charge < -0.3 is 10.6 Å². The molecule has 0 unspecified atom stereocenters. The van der Waals surface area contributed by atoms with Crippen molar-refractivity contribution in [3.8, 4) is 0 Å². The molecule has 2 amide bonds. The molecule has 1 aliphatic rings. The van der Waals surface area contributed by atoms with Gasteiger partial charge in [0.2, 0.25) is 11.8 Å². The number of carbonyl (C=O) groups is 2. The van der Waals surface area contributed by atoms with E-state index in [1.807, 2.05) is 0 Å². The fourth-order valence-corrected chi connectivity index (χ4v) is 2.15. The summed E-state index contributed by atoms with van der Waals surface area (Å²) in [5.74, 6) is 0.272. The third kappa shape index (κ3) is 3.17. The van der Waals surface area contributed by atoms with Gasteiger partial charge in [-0.2, -0.15) is 0 Å². The molecule has 1 aliphatic carbocycles. The Morgan fingerprint density at radius 3 is 2.55 bits per heavy atom. The van der Waals surface area contributed by atoms with Gasteiger partial charge in [-0.3, -0.25) is 9.59 Å². The summed E-state index contributed by atoms with van der Waals surface area (Å²) in [5, 5.41) is 5.95. The van der Waals surface area contributed by atoms with Gasteiger partial charge >= 0.3 is 0 Å². The first-order chi connectivity index (χ1) is 10.6. The van der Waals surface area contributed by atoms with Crippen molar-refractivity contribution in [1.29, 1.82) is 0 Å². The zero-order chi connectivity index (χ0) is 15.7. The number of amides is 2. The minimum atomic E-state index is -0.197. The second-order valence-corrected chi connectivity index (χ2v) is 5.66. The van der Waals surface area contributed by atoms with Gasteiger partial charge in [0.1, 0.15) is 0 Å². The van der Waals surface area contributed by atoms with Gasteiger partial charge in [-0.15, -0.1) is 0 Å². The Labute approximate surface area is 132 Å². The van der Waals surface area contributed by atoms with Gasteiger partial charge in [-0.1, -0.05) is 18.5 Å². The molecule has 22 heavy (non-hydrogen) atoms. The summed E-state index contributed by atoms with van der Waals surface area (Å²) < 4.78 is 0. The Kier molecular flexibility index (Phi) is 3.94. The highest BCUT2D eigenvalue weighted by molar-refractivity contribution is 6.31. The molecule has 1 aromatic heterocycles. The van der Waals surface area contributed by atoms with E-state index in [-0.39, 0.29) is 29.4 Å². The summed E-state index contributed by atoms with van der Waals surface area (Å²) in [7, 11) is 0. The predicted molar refractivity (Wildman–Crippen MR) is 84.8 cm³/mol. The van der Waals surface area contributed by atoms with Gasteiger partial charge in [-0.05, 0) is 31.0 Å². The number of hydrogen-bond acceptors (Lipinski definition) is 4. The van der Waals surface area contributed by atoms with E-state index in [9.17, 15) is 9.59 Å². The van der Waals surface area contributed by atoms with Crippen LogP contribution in [0.4, 0.5) is 11.6 Å². The van der Waals surface area contributed by atoms with Crippen molar-refractivity contribution in [3.63, 3.8) is 0 Å². The summed E-state index contributed by atoms with van der Waals surface area (Å²) >= 11 is 5.95. The van der Waals surface area contributed by atoms with Gasteiger partial charge in [-0.25, -0.2) is 9.97 Å². The van der Waals surface area contributed by atoms with E-state index < -0.39 is 0 Å². The molecule has 0 spiro atoms. The minimum absolute atomic E-state index is 0.0393.